The van der Waals surface area contributed by atoms with Gasteiger partial charge in [0.05, 0.1) is 19.6 Å². The maximum Gasteiger partial charge on any atom is 0.142 e. The van der Waals surface area contributed by atoms with Crippen LogP contribution in [0.15, 0.2) is 46.9 Å². The van der Waals surface area contributed by atoms with Crippen molar-refractivity contribution in [2.45, 2.75) is 0 Å². The van der Waals surface area contributed by atoms with Gasteiger partial charge in [0.15, 0.2) is 0 Å². The first kappa shape index (κ1) is 12.9. The van der Waals surface area contributed by atoms with E-state index in [1.807, 2.05) is 42.5 Å². The molecule has 3 rings (SSSR count). The molecule has 0 spiro atoms. The Morgan fingerprint density at radius 2 is 1.70 bits per heavy atom. The largest absolute Gasteiger partial charge is 0.496 e. The van der Waals surface area contributed by atoms with Gasteiger partial charge < -0.3 is 13.9 Å². The first-order valence-corrected chi connectivity index (χ1v) is 6.50. The molecule has 1 aromatic heterocycles. The summed E-state index contributed by atoms with van der Waals surface area (Å²) in [5, 5.41) is 1.61. The molecule has 0 saturated carbocycles. The zero-order valence-electron chi connectivity index (χ0n) is 11.1. The van der Waals surface area contributed by atoms with Crippen molar-refractivity contribution in [3.8, 4) is 22.8 Å². The molecule has 0 aliphatic carbocycles. The fourth-order valence-corrected chi connectivity index (χ4v) is 2.25. The number of hydrogen-bond acceptors (Lipinski definition) is 3. The van der Waals surface area contributed by atoms with Gasteiger partial charge in [-0.15, -0.1) is 0 Å². The van der Waals surface area contributed by atoms with E-state index in [1.54, 1.807) is 14.2 Å². The molecule has 0 radical (unpaired) electrons. The van der Waals surface area contributed by atoms with Crippen molar-refractivity contribution in [3.63, 3.8) is 0 Å². The van der Waals surface area contributed by atoms with Gasteiger partial charge in [-0.25, -0.2) is 0 Å². The van der Waals surface area contributed by atoms with Crippen LogP contribution < -0.4 is 9.47 Å². The second-order valence-electron chi connectivity index (χ2n) is 4.36. The highest BCUT2D eigenvalue weighted by Gasteiger charge is 2.12. The third-order valence-electron chi connectivity index (χ3n) is 3.16. The van der Waals surface area contributed by atoms with Gasteiger partial charge in [-0.1, -0.05) is 11.6 Å². The minimum atomic E-state index is 0.698. The molecule has 0 bridgehead atoms. The van der Waals surface area contributed by atoms with Crippen LogP contribution in [0.4, 0.5) is 0 Å². The summed E-state index contributed by atoms with van der Waals surface area (Å²) in [5.41, 5.74) is 1.69. The van der Waals surface area contributed by atoms with E-state index in [2.05, 4.69) is 0 Å². The summed E-state index contributed by atoms with van der Waals surface area (Å²) in [4.78, 5) is 0. The average molecular weight is 289 g/mol. The third-order valence-corrected chi connectivity index (χ3v) is 3.41. The molecule has 2 aromatic carbocycles. The van der Waals surface area contributed by atoms with Crippen molar-refractivity contribution in [1.29, 1.82) is 0 Å². The maximum absolute atomic E-state index is 5.90. The van der Waals surface area contributed by atoms with Crippen molar-refractivity contribution >= 4 is 22.6 Å². The molecule has 1 heterocycles. The van der Waals surface area contributed by atoms with E-state index in [4.69, 9.17) is 25.5 Å². The monoisotopic (exact) mass is 288 g/mol. The molecule has 102 valence electrons. The zero-order chi connectivity index (χ0) is 14.1. The second-order valence-corrected chi connectivity index (χ2v) is 4.80. The van der Waals surface area contributed by atoms with Crippen LogP contribution in [0.2, 0.25) is 5.02 Å². The first-order chi connectivity index (χ1) is 9.71. The van der Waals surface area contributed by atoms with Gasteiger partial charge >= 0.3 is 0 Å². The van der Waals surface area contributed by atoms with Crippen molar-refractivity contribution in [2.24, 2.45) is 0 Å². The number of furan rings is 1. The molecule has 0 fully saturated rings. The molecule has 0 N–H and O–H groups in total. The number of methoxy groups -OCH3 is 2. The van der Waals surface area contributed by atoms with Gasteiger partial charge in [0.1, 0.15) is 22.8 Å². The van der Waals surface area contributed by atoms with E-state index in [-0.39, 0.29) is 0 Å². The lowest BCUT2D eigenvalue weighted by Gasteiger charge is -2.04. The van der Waals surface area contributed by atoms with Gasteiger partial charge in [-0.3, -0.25) is 0 Å². The number of fused-ring (bicyclic) bond motifs is 1. The number of hydrogen-bond donors (Lipinski definition) is 0. The van der Waals surface area contributed by atoms with Crippen LogP contribution >= 0.6 is 11.6 Å². The van der Waals surface area contributed by atoms with Gasteiger partial charge in [0.25, 0.3) is 0 Å². The Morgan fingerprint density at radius 1 is 0.950 bits per heavy atom. The van der Waals surface area contributed by atoms with Crippen LogP contribution in [0.5, 0.6) is 11.5 Å². The molecule has 4 heteroatoms. The summed E-state index contributed by atoms with van der Waals surface area (Å²) < 4.78 is 16.5. The van der Waals surface area contributed by atoms with Crippen LogP contribution in [0.25, 0.3) is 22.3 Å². The van der Waals surface area contributed by atoms with E-state index in [0.717, 1.165) is 28.0 Å². The average Bonchev–Trinajstić information content (AvgIpc) is 2.90. The second kappa shape index (κ2) is 5.10. The molecule has 0 aliphatic heterocycles. The summed E-state index contributed by atoms with van der Waals surface area (Å²) in [6.45, 7) is 0. The van der Waals surface area contributed by atoms with E-state index in [1.165, 1.54) is 0 Å². The smallest absolute Gasteiger partial charge is 0.142 e. The summed E-state index contributed by atoms with van der Waals surface area (Å²) >= 11 is 5.90. The fraction of sp³-hybridized carbons (Fsp3) is 0.125. The first-order valence-electron chi connectivity index (χ1n) is 6.13. The zero-order valence-corrected chi connectivity index (χ0v) is 11.9. The van der Waals surface area contributed by atoms with Crippen LogP contribution in [-0.4, -0.2) is 14.2 Å². The molecular formula is C16H13ClO3. The molecule has 0 aliphatic rings. The Balaban J connectivity index is 2.16. The maximum atomic E-state index is 5.90. The van der Waals surface area contributed by atoms with E-state index < -0.39 is 0 Å². The van der Waals surface area contributed by atoms with Gasteiger partial charge in [-0.05, 0) is 30.3 Å². The molecule has 0 atom stereocenters. The number of benzene rings is 2. The summed E-state index contributed by atoms with van der Waals surface area (Å²) in [6.07, 6.45) is 0. The standard InChI is InChI=1S/C16H13ClO3/c1-18-12-7-15(19-2)13-9-14(20-16(13)8-12)10-3-5-11(17)6-4-10/h3-9H,1-2H3. The highest BCUT2D eigenvalue weighted by molar-refractivity contribution is 6.30. The molecule has 0 saturated heterocycles. The summed E-state index contributed by atoms with van der Waals surface area (Å²) in [5.74, 6) is 2.19. The lowest BCUT2D eigenvalue weighted by molar-refractivity contribution is 0.397. The van der Waals surface area contributed by atoms with Gasteiger partial charge in [0, 0.05) is 22.7 Å². The lowest BCUT2D eigenvalue weighted by Crippen LogP contribution is -1.86. The molecular weight excluding hydrogens is 276 g/mol. The topological polar surface area (TPSA) is 31.6 Å². The predicted molar refractivity (Wildman–Crippen MR) is 79.8 cm³/mol. The van der Waals surface area contributed by atoms with Crippen LogP contribution in [0.1, 0.15) is 0 Å². The summed E-state index contributed by atoms with van der Waals surface area (Å²) in [6, 6.07) is 13.1. The summed E-state index contributed by atoms with van der Waals surface area (Å²) in [7, 11) is 3.24. The Bertz CT molecular complexity index is 744. The molecule has 3 nitrogen and oxygen atoms in total. The Morgan fingerprint density at radius 3 is 2.35 bits per heavy atom. The van der Waals surface area contributed by atoms with Crippen LogP contribution in [0.3, 0.4) is 0 Å². The normalized spacial score (nSPS) is 10.8. The van der Waals surface area contributed by atoms with E-state index in [0.29, 0.717) is 10.8 Å². The predicted octanol–water partition coefficient (Wildman–Crippen LogP) is 4.77. The lowest BCUT2D eigenvalue weighted by atomic mass is 10.1. The molecule has 0 unspecified atom stereocenters. The quantitative estimate of drug-likeness (QED) is 0.695. The Hall–Kier alpha value is -2.13. The minimum absolute atomic E-state index is 0.698. The molecule has 0 amide bonds. The number of halogens is 1. The Labute approximate surface area is 121 Å². The van der Waals surface area contributed by atoms with Crippen molar-refractivity contribution in [1.82, 2.24) is 0 Å². The van der Waals surface area contributed by atoms with E-state index >= 15 is 0 Å². The van der Waals surface area contributed by atoms with Crippen LogP contribution in [-0.2, 0) is 0 Å². The highest BCUT2D eigenvalue weighted by atomic mass is 35.5. The van der Waals surface area contributed by atoms with Gasteiger partial charge in [-0.2, -0.15) is 0 Å². The van der Waals surface area contributed by atoms with Crippen molar-refractivity contribution in [3.05, 3.63) is 47.5 Å². The minimum Gasteiger partial charge on any atom is -0.496 e. The van der Waals surface area contributed by atoms with Crippen molar-refractivity contribution in [2.75, 3.05) is 14.2 Å². The SMILES string of the molecule is COc1cc(OC)c2cc(-c3ccc(Cl)cc3)oc2c1. The third kappa shape index (κ3) is 2.21. The molecule has 20 heavy (non-hydrogen) atoms. The number of rotatable bonds is 3. The van der Waals surface area contributed by atoms with Gasteiger partial charge in [0.2, 0.25) is 0 Å². The highest BCUT2D eigenvalue weighted by Crippen LogP contribution is 2.36. The van der Waals surface area contributed by atoms with Crippen LogP contribution in [0, 0.1) is 0 Å². The number of ether oxygens (including phenoxy) is 2. The Kier molecular flexibility index (Phi) is 3.28. The molecule has 3 aromatic rings. The fourth-order valence-electron chi connectivity index (χ4n) is 2.13. The van der Waals surface area contributed by atoms with E-state index in [9.17, 15) is 0 Å². The van der Waals surface area contributed by atoms with Crippen molar-refractivity contribution < 1.29 is 13.9 Å².